The Kier molecular flexibility index (Phi) is 5.92. The zero-order chi connectivity index (χ0) is 19.4. The summed E-state index contributed by atoms with van der Waals surface area (Å²) in [7, 11) is 0. The van der Waals surface area contributed by atoms with Gasteiger partial charge in [-0.15, -0.1) is 5.10 Å². The summed E-state index contributed by atoms with van der Waals surface area (Å²) < 4.78 is 1.69. The van der Waals surface area contributed by atoms with Gasteiger partial charge < -0.3 is 21.5 Å². The second-order valence-corrected chi connectivity index (χ2v) is 6.47. The zero-order valence-electron chi connectivity index (χ0n) is 15.3. The number of benzene rings is 1. The van der Waals surface area contributed by atoms with Gasteiger partial charge >= 0.3 is 0 Å². The standard InChI is InChI=1S/C17H23ClN8O/c1-3-10(9-27)21-17-22-15(14-16(23-17)26(4-2)25-24-14)20-8-11-12(18)6-5-7-13(11)19/h5-7,10,27H,3-4,8-9,19H2,1-2H3,(H2,20,21,22,23). The smallest absolute Gasteiger partial charge is 0.227 e. The van der Waals surface area contributed by atoms with Crippen LogP contribution in [0.3, 0.4) is 0 Å². The number of nitrogens with zero attached hydrogens (tertiary/aromatic N) is 5. The minimum atomic E-state index is -0.138. The molecule has 0 amide bonds. The fourth-order valence-corrected chi connectivity index (χ4v) is 2.90. The van der Waals surface area contributed by atoms with Gasteiger partial charge in [-0.1, -0.05) is 29.8 Å². The molecule has 0 saturated carbocycles. The van der Waals surface area contributed by atoms with Crippen LogP contribution in [0, 0.1) is 0 Å². The second-order valence-electron chi connectivity index (χ2n) is 6.07. The summed E-state index contributed by atoms with van der Waals surface area (Å²) in [6.45, 7) is 4.93. The molecule has 2 heterocycles. The van der Waals surface area contributed by atoms with Crippen LogP contribution in [0.2, 0.25) is 5.02 Å². The van der Waals surface area contributed by atoms with Gasteiger partial charge in [-0.25, -0.2) is 4.68 Å². The topological polar surface area (TPSA) is 127 Å². The van der Waals surface area contributed by atoms with E-state index in [4.69, 9.17) is 17.3 Å². The maximum atomic E-state index is 9.45. The molecule has 0 aliphatic heterocycles. The van der Waals surface area contributed by atoms with Crippen molar-refractivity contribution >= 4 is 40.2 Å². The van der Waals surface area contributed by atoms with Crippen LogP contribution in [0.15, 0.2) is 18.2 Å². The lowest BCUT2D eigenvalue weighted by molar-refractivity contribution is 0.271. The predicted molar refractivity (Wildman–Crippen MR) is 107 cm³/mol. The molecular weight excluding hydrogens is 368 g/mol. The molecule has 3 aromatic rings. The summed E-state index contributed by atoms with van der Waals surface area (Å²) in [5.74, 6) is 0.921. The van der Waals surface area contributed by atoms with Gasteiger partial charge in [0.25, 0.3) is 0 Å². The lowest BCUT2D eigenvalue weighted by Crippen LogP contribution is -2.24. The van der Waals surface area contributed by atoms with Gasteiger partial charge in [0.05, 0.1) is 12.6 Å². The number of halogens is 1. The normalized spacial score (nSPS) is 12.3. The van der Waals surface area contributed by atoms with Crippen molar-refractivity contribution in [2.24, 2.45) is 0 Å². The van der Waals surface area contributed by atoms with Gasteiger partial charge in [-0.05, 0) is 25.5 Å². The van der Waals surface area contributed by atoms with E-state index in [1.807, 2.05) is 13.8 Å². The molecular formula is C17H23ClN8O. The molecule has 0 saturated heterocycles. The summed E-state index contributed by atoms with van der Waals surface area (Å²) >= 11 is 6.25. The Bertz CT molecular complexity index is 904. The molecule has 10 heteroatoms. The number of nitrogens with two attached hydrogens (primary N) is 1. The Morgan fingerprint density at radius 1 is 1.30 bits per heavy atom. The van der Waals surface area contributed by atoms with E-state index < -0.39 is 0 Å². The molecule has 0 fully saturated rings. The first-order valence-electron chi connectivity index (χ1n) is 8.82. The summed E-state index contributed by atoms with van der Waals surface area (Å²) in [5, 5.41) is 24.7. The summed E-state index contributed by atoms with van der Waals surface area (Å²) in [6, 6.07) is 5.25. The van der Waals surface area contributed by atoms with Crippen LogP contribution in [-0.2, 0) is 13.1 Å². The largest absolute Gasteiger partial charge is 0.398 e. The van der Waals surface area contributed by atoms with E-state index >= 15 is 0 Å². The first kappa shape index (κ1) is 19.1. The van der Waals surface area contributed by atoms with E-state index in [-0.39, 0.29) is 12.6 Å². The lowest BCUT2D eigenvalue weighted by atomic mass is 10.2. The van der Waals surface area contributed by atoms with Crippen LogP contribution in [0.4, 0.5) is 17.5 Å². The molecule has 0 aliphatic rings. The number of nitrogens with one attached hydrogen (secondary N) is 2. The summed E-state index contributed by atoms with van der Waals surface area (Å²) in [6.07, 6.45) is 0.738. The molecule has 2 aromatic heterocycles. The number of hydrogen-bond acceptors (Lipinski definition) is 8. The molecule has 0 bridgehead atoms. The Labute approximate surface area is 161 Å². The van der Waals surface area contributed by atoms with Gasteiger partial charge in [0.15, 0.2) is 17.0 Å². The third-order valence-electron chi connectivity index (χ3n) is 4.30. The number of fused-ring (bicyclic) bond motifs is 1. The first-order valence-corrected chi connectivity index (χ1v) is 9.20. The number of aromatic nitrogens is 5. The van der Waals surface area contributed by atoms with Crippen molar-refractivity contribution in [3.63, 3.8) is 0 Å². The highest BCUT2D eigenvalue weighted by Gasteiger charge is 2.16. The van der Waals surface area contributed by atoms with Crippen LogP contribution in [0.5, 0.6) is 0 Å². The Balaban J connectivity index is 1.96. The molecule has 1 aromatic carbocycles. The van der Waals surface area contributed by atoms with Crippen molar-refractivity contribution < 1.29 is 5.11 Å². The first-order chi connectivity index (χ1) is 13.1. The van der Waals surface area contributed by atoms with Gasteiger partial charge in [-0.2, -0.15) is 9.97 Å². The summed E-state index contributed by atoms with van der Waals surface area (Å²) in [4.78, 5) is 9.02. The number of aryl methyl sites for hydroxylation is 1. The molecule has 9 nitrogen and oxygen atoms in total. The van der Waals surface area contributed by atoms with E-state index in [1.54, 1.807) is 22.9 Å². The Morgan fingerprint density at radius 2 is 2.11 bits per heavy atom. The number of rotatable bonds is 8. The highest BCUT2D eigenvalue weighted by molar-refractivity contribution is 6.31. The number of hydrogen-bond donors (Lipinski definition) is 4. The summed E-state index contributed by atoms with van der Waals surface area (Å²) in [5.41, 5.74) is 8.58. The number of anilines is 3. The van der Waals surface area contributed by atoms with Crippen LogP contribution >= 0.6 is 11.6 Å². The number of nitrogen functional groups attached to an aromatic ring is 1. The van der Waals surface area contributed by atoms with E-state index in [9.17, 15) is 5.11 Å². The van der Waals surface area contributed by atoms with Crippen molar-refractivity contribution in [1.29, 1.82) is 0 Å². The average molecular weight is 391 g/mol. The fraction of sp³-hybridized carbons (Fsp3) is 0.412. The monoisotopic (exact) mass is 390 g/mol. The van der Waals surface area contributed by atoms with E-state index in [2.05, 4.69) is 30.9 Å². The lowest BCUT2D eigenvalue weighted by Gasteiger charge is -2.15. The van der Waals surface area contributed by atoms with E-state index in [0.29, 0.717) is 46.7 Å². The van der Waals surface area contributed by atoms with Gasteiger partial charge in [0.1, 0.15) is 0 Å². The highest BCUT2D eigenvalue weighted by Crippen LogP contribution is 2.25. The van der Waals surface area contributed by atoms with Crippen molar-refractivity contribution in [3.05, 3.63) is 28.8 Å². The van der Waals surface area contributed by atoms with Crippen LogP contribution in [0.25, 0.3) is 11.2 Å². The van der Waals surface area contributed by atoms with E-state index in [1.165, 1.54) is 0 Å². The molecule has 0 radical (unpaired) electrons. The quantitative estimate of drug-likeness (QED) is 0.431. The third-order valence-corrected chi connectivity index (χ3v) is 4.65. The Hall–Kier alpha value is -2.65. The molecule has 0 spiro atoms. The third kappa shape index (κ3) is 4.04. The Morgan fingerprint density at radius 3 is 2.78 bits per heavy atom. The zero-order valence-corrected chi connectivity index (χ0v) is 16.0. The predicted octanol–water partition coefficient (Wildman–Crippen LogP) is 2.27. The van der Waals surface area contributed by atoms with Gasteiger partial charge in [0.2, 0.25) is 5.95 Å². The van der Waals surface area contributed by atoms with Crippen molar-refractivity contribution in [2.75, 3.05) is 23.0 Å². The molecule has 0 aliphatic carbocycles. The van der Waals surface area contributed by atoms with Crippen molar-refractivity contribution in [3.8, 4) is 0 Å². The molecule has 1 unspecified atom stereocenters. The van der Waals surface area contributed by atoms with Crippen LogP contribution in [0.1, 0.15) is 25.8 Å². The van der Waals surface area contributed by atoms with Gasteiger partial charge in [-0.3, -0.25) is 0 Å². The van der Waals surface area contributed by atoms with Crippen molar-refractivity contribution in [1.82, 2.24) is 25.0 Å². The van der Waals surface area contributed by atoms with E-state index in [0.717, 1.165) is 12.0 Å². The maximum absolute atomic E-state index is 9.45. The average Bonchev–Trinajstić information content (AvgIpc) is 3.08. The van der Waals surface area contributed by atoms with Crippen LogP contribution < -0.4 is 16.4 Å². The van der Waals surface area contributed by atoms with Crippen molar-refractivity contribution in [2.45, 2.75) is 39.4 Å². The molecule has 1 atom stereocenters. The molecule has 5 N–H and O–H groups in total. The minimum absolute atomic E-state index is 0.0118. The molecule has 144 valence electrons. The molecule has 3 rings (SSSR count). The number of aliphatic hydroxyl groups is 1. The van der Waals surface area contributed by atoms with Gasteiger partial charge in [0, 0.05) is 29.4 Å². The fourth-order valence-electron chi connectivity index (χ4n) is 2.65. The SMILES string of the molecule is CCC(CO)Nc1nc(NCc2c(N)cccc2Cl)c2nnn(CC)c2n1. The number of aliphatic hydroxyl groups excluding tert-OH is 1. The highest BCUT2D eigenvalue weighted by atomic mass is 35.5. The minimum Gasteiger partial charge on any atom is -0.398 e. The molecule has 27 heavy (non-hydrogen) atoms. The maximum Gasteiger partial charge on any atom is 0.227 e. The van der Waals surface area contributed by atoms with Crippen LogP contribution in [-0.4, -0.2) is 42.7 Å². The second kappa shape index (κ2) is 8.36.